The van der Waals surface area contributed by atoms with Gasteiger partial charge in [0, 0.05) is 32.2 Å². The number of nitro groups is 1. The second-order valence-electron chi connectivity index (χ2n) is 6.81. The number of hydrogen-bond acceptors (Lipinski definition) is 6. The van der Waals surface area contributed by atoms with Crippen LogP contribution in [0.1, 0.15) is 6.92 Å². The average Bonchev–Trinajstić information content (AvgIpc) is 2.74. The zero-order valence-electron chi connectivity index (χ0n) is 16.3. The average molecular weight is 420 g/mol. The Balaban J connectivity index is 1.61. The Morgan fingerprint density at radius 1 is 1.10 bits per heavy atom. The number of para-hydroxylation sites is 4. The number of benzene rings is 2. The van der Waals surface area contributed by atoms with Gasteiger partial charge < -0.3 is 15.0 Å². The number of amides is 1. The van der Waals surface area contributed by atoms with E-state index in [0.717, 1.165) is 0 Å². The highest BCUT2D eigenvalue weighted by molar-refractivity contribution is 5.95. The Labute approximate surface area is 172 Å². The molecule has 3 rings (SSSR count). The van der Waals surface area contributed by atoms with Gasteiger partial charge in [-0.15, -0.1) is 0 Å². The lowest BCUT2D eigenvalue weighted by atomic mass is 10.1. The van der Waals surface area contributed by atoms with Crippen LogP contribution in [0.4, 0.5) is 25.8 Å². The van der Waals surface area contributed by atoms with Crippen molar-refractivity contribution in [1.29, 1.82) is 0 Å². The number of rotatable bonds is 7. The van der Waals surface area contributed by atoms with Gasteiger partial charge in [0.1, 0.15) is 11.4 Å². The highest BCUT2D eigenvalue weighted by atomic mass is 19.3. The fraction of sp³-hybridized carbons (Fsp3) is 0.350. The third kappa shape index (κ3) is 5.01. The predicted molar refractivity (Wildman–Crippen MR) is 108 cm³/mol. The summed E-state index contributed by atoms with van der Waals surface area (Å²) in [5.74, 6) is -0.450. The third-order valence-electron chi connectivity index (χ3n) is 5.02. The van der Waals surface area contributed by atoms with Gasteiger partial charge in [0.15, 0.2) is 0 Å². The molecule has 2 aromatic rings. The number of nitrogens with one attached hydrogen (secondary N) is 1. The number of anilines is 2. The standard InChI is InChI=1S/C20H22F2N4O4/c1-14(19(27)23-15-6-2-5-9-18(15)30-20(21)22)24-10-12-25(13-11-24)16-7-3-4-8-17(16)26(28)29/h2-9,14,20H,10-13H2,1H3,(H,23,27). The molecule has 1 amide bonds. The van der Waals surface area contributed by atoms with Gasteiger partial charge in [0.2, 0.25) is 5.91 Å². The van der Waals surface area contributed by atoms with E-state index < -0.39 is 17.6 Å². The van der Waals surface area contributed by atoms with E-state index in [4.69, 9.17) is 0 Å². The van der Waals surface area contributed by atoms with Crippen LogP contribution in [0, 0.1) is 10.1 Å². The van der Waals surface area contributed by atoms with Crippen LogP contribution in [0.25, 0.3) is 0 Å². The van der Waals surface area contributed by atoms with Gasteiger partial charge in [0.05, 0.1) is 16.7 Å². The van der Waals surface area contributed by atoms with E-state index in [2.05, 4.69) is 10.1 Å². The molecule has 1 fully saturated rings. The molecule has 0 aliphatic carbocycles. The van der Waals surface area contributed by atoms with Crippen molar-refractivity contribution < 1.29 is 23.2 Å². The summed E-state index contributed by atoms with van der Waals surface area (Å²) in [5.41, 5.74) is 0.776. The van der Waals surface area contributed by atoms with Crippen LogP contribution in [-0.2, 0) is 4.79 Å². The Morgan fingerprint density at radius 2 is 1.73 bits per heavy atom. The van der Waals surface area contributed by atoms with Crippen LogP contribution in [0.3, 0.4) is 0 Å². The van der Waals surface area contributed by atoms with Crippen LogP contribution >= 0.6 is 0 Å². The minimum absolute atomic E-state index is 0.0485. The summed E-state index contributed by atoms with van der Waals surface area (Å²) in [4.78, 5) is 27.4. The topological polar surface area (TPSA) is 88.0 Å². The van der Waals surface area contributed by atoms with E-state index >= 15 is 0 Å². The lowest BCUT2D eigenvalue weighted by molar-refractivity contribution is -0.384. The number of hydrogen-bond donors (Lipinski definition) is 1. The van der Waals surface area contributed by atoms with Crippen molar-refractivity contribution in [3.63, 3.8) is 0 Å². The number of piperazine rings is 1. The first kappa shape index (κ1) is 21.4. The summed E-state index contributed by atoms with van der Waals surface area (Å²) in [6.45, 7) is 0.829. The number of carbonyl (C=O) groups excluding carboxylic acids is 1. The van der Waals surface area contributed by atoms with Gasteiger partial charge in [-0.05, 0) is 25.1 Å². The summed E-state index contributed by atoms with van der Waals surface area (Å²) in [5, 5.41) is 13.9. The van der Waals surface area contributed by atoms with Crippen LogP contribution < -0.4 is 15.0 Å². The normalized spacial score (nSPS) is 15.7. The molecule has 0 spiro atoms. The molecular weight excluding hydrogens is 398 g/mol. The SMILES string of the molecule is CC(C(=O)Nc1ccccc1OC(F)F)N1CCN(c2ccccc2[N+](=O)[O-])CC1. The highest BCUT2D eigenvalue weighted by Crippen LogP contribution is 2.29. The predicted octanol–water partition coefficient (Wildman–Crippen LogP) is 3.35. The van der Waals surface area contributed by atoms with E-state index in [1.807, 2.05) is 9.80 Å². The first-order valence-electron chi connectivity index (χ1n) is 9.44. The second kappa shape index (κ2) is 9.49. The summed E-state index contributed by atoms with van der Waals surface area (Å²) in [6.07, 6.45) is 0. The van der Waals surface area contributed by atoms with Crippen molar-refractivity contribution >= 4 is 23.0 Å². The summed E-state index contributed by atoms with van der Waals surface area (Å²) in [6, 6.07) is 12.1. The van der Waals surface area contributed by atoms with Gasteiger partial charge in [-0.1, -0.05) is 24.3 Å². The molecule has 1 heterocycles. The zero-order chi connectivity index (χ0) is 21.7. The van der Waals surface area contributed by atoms with Gasteiger partial charge in [-0.3, -0.25) is 19.8 Å². The third-order valence-corrected chi connectivity index (χ3v) is 5.02. The van der Waals surface area contributed by atoms with Crippen LogP contribution in [0.2, 0.25) is 0 Å². The quantitative estimate of drug-likeness (QED) is 0.546. The maximum atomic E-state index is 12.6. The van der Waals surface area contributed by atoms with Crippen molar-refractivity contribution in [3.05, 3.63) is 58.6 Å². The van der Waals surface area contributed by atoms with E-state index in [9.17, 15) is 23.7 Å². The maximum Gasteiger partial charge on any atom is 0.387 e. The molecule has 10 heteroatoms. The lowest BCUT2D eigenvalue weighted by Gasteiger charge is -2.38. The number of ether oxygens (including phenoxy) is 1. The van der Waals surface area contributed by atoms with Crippen molar-refractivity contribution in [2.24, 2.45) is 0 Å². The van der Waals surface area contributed by atoms with Gasteiger partial charge in [-0.2, -0.15) is 8.78 Å². The first-order chi connectivity index (χ1) is 14.4. The smallest absolute Gasteiger partial charge is 0.387 e. The molecule has 1 N–H and O–H groups in total. The van der Waals surface area contributed by atoms with Crippen molar-refractivity contribution in [3.8, 4) is 5.75 Å². The molecule has 30 heavy (non-hydrogen) atoms. The van der Waals surface area contributed by atoms with Crippen LogP contribution in [0.15, 0.2) is 48.5 Å². The molecule has 1 atom stereocenters. The Hall–Kier alpha value is -3.27. The van der Waals surface area contributed by atoms with E-state index in [0.29, 0.717) is 31.9 Å². The number of nitro benzene ring substituents is 1. The molecular formula is C20H22F2N4O4. The minimum atomic E-state index is -2.99. The Bertz CT molecular complexity index is 904. The van der Waals surface area contributed by atoms with Crippen molar-refractivity contribution in [1.82, 2.24) is 4.90 Å². The number of alkyl halides is 2. The lowest BCUT2D eigenvalue weighted by Crippen LogP contribution is -2.53. The van der Waals surface area contributed by atoms with Crippen LogP contribution in [0.5, 0.6) is 5.75 Å². The van der Waals surface area contributed by atoms with E-state index in [1.165, 1.54) is 18.2 Å². The Kier molecular flexibility index (Phi) is 6.78. The first-order valence-corrected chi connectivity index (χ1v) is 9.44. The monoisotopic (exact) mass is 420 g/mol. The maximum absolute atomic E-state index is 12.6. The van der Waals surface area contributed by atoms with Gasteiger partial charge >= 0.3 is 6.61 Å². The molecule has 1 saturated heterocycles. The molecule has 8 nitrogen and oxygen atoms in total. The molecule has 0 saturated carbocycles. The van der Waals surface area contributed by atoms with Gasteiger partial charge in [0.25, 0.3) is 5.69 Å². The fourth-order valence-electron chi connectivity index (χ4n) is 3.41. The molecule has 1 unspecified atom stereocenters. The molecule has 160 valence electrons. The van der Waals surface area contributed by atoms with Gasteiger partial charge in [-0.25, -0.2) is 0 Å². The Morgan fingerprint density at radius 3 is 2.40 bits per heavy atom. The number of carbonyl (C=O) groups is 1. The summed E-state index contributed by atoms with van der Waals surface area (Å²) >= 11 is 0. The zero-order valence-corrected chi connectivity index (χ0v) is 16.3. The molecule has 0 aromatic heterocycles. The number of halogens is 2. The van der Waals surface area contributed by atoms with Crippen molar-refractivity contribution in [2.75, 3.05) is 36.4 Å². The second-order valence-corrected chi connectivity index (χ2v) is 6.81. The molecule has 1 aliphatic heterocycles. The molecule has 2 aromatic carbocycles. The number of nitrogens with zero attached hydrogens (tertiary/aromatic N) is 3. The summed E-state index contributed by atoms with van der Waals surface area (Å²) < 4.78 is 29.5. The minimum Gasteiger partial charge on any atom is -0.433 e. The molecule has 0 radical (unpaired) electrons. The van der Waals surface area contributed by atoms with E-state index in [1.54, 1.807) is 37.3 Å². The summed E-state index contributed by atoms with van der Waals surface area (Å²) in [7, 11) is 0. The molecule has 1 aliphatic rings. The largest absolute Gasteiger partial charge is 0.433 e. The van der Waals surface area contributed by atoms with E-state index in [-0.39, 0.29) is 23.0 Å². The highest BCUT2D eigenvalue weighted by Gasteiger charge is 2.28. The van der Waals surface area contributed by atoms with Crippen LogP contribution in [-0.4, -0.2) is 54.6 Å². The molecule has 0 bridgehead atoms. The fourth-order valence-corrected chi connectivity index (χ4v) is 3.41. The van der Waals surface area contributed by atoms with Crippen molar-refractivity contribution in [2.45, 2.75) is 19.6 Å².